The van der Waals surface area contributed by atoms with Crippen LogP contribution in [0.25, 0.3) is 17.1 Å². The zero-order valence-corrected chi connectivity index (χ0v) is 19.9. The van der Waals surface area contributed by atoms with Crippen LogP contribution in [0.15, 0.2) is 66.1 Å². The van der Waals surface area contributed by atoms with Crippen LogP contribution in [0.3, 0.4) is 0 Å². The Bertz CT molecular complexity index is 1340. The first-order chi connectivity index (χ1) is 16.1. The smallest absolute Gasteiger partial charge is 0.203 e. The van der Waals surface area contributed by atoms with Crippen molar-refractivity contribution >= 4 is 0 Å². The van der Waals surface area contributed by atoms with Gasteiger partial charge in [-0.05, 0) is 32.4 Å². The van der Waals surface area contributed by atoms with Crippen LogP contribution in [-0.2, 0) is 7.05 Å². The summed E-state index contributed by atoms with van der Waals surface area (Å²) in [7, 11) is 1.83. The average Bonchev–Trinajstić information content (AvgIpc) is 3.25. The molecule has 176 valence electrons. The Balaban J connectivity index is 1.59. The minimum Gasteiger partial charge on any atom is -0.484 e. The molecule has 0 bridgehead atoms. The maximum atomic E-state index is 12.6. The van der Waals surface area contributed by atoms with Crippen molar-refractivity contribution < 1.29 is 9.84 Å². The summed E-state index contributed by atoms with van der Waals surface area (Å²) in [6.07, 6.45) is 7.93. The second-order valence-corrected chi connectivity index (χ2v) is 8.89. The molecular formula is C25H28N6O3. The van der Waals surface area contributed by atoms with Crippen molar-refractivity contribution in [3.63, 3.8) is 0 Å². The molecule has 0 fully saturated rings. The maximum absolute atomic E-state index is 12.6. The number of ether oxygens (including phenoxy) is 1. The number of hydrogen-bond acceptors (Lipinski definition) is 7. The van der Waals surface area contributed by atoms with E-state index in [4.69, 9.17) is 4.74 Å². The van der Waals surface area contributed by atoms with Gasteiger partial charge >= 0.3 is 0 Å². The van der Waals surface area contributed by atoms with Gasteiger partial charge in [0.05, 0.1) is 30.4 Å². The lowest BCUT2D eigenvalue weighted by Crippen LogP contribution is -2.37. The number of aromatic nitrogens is 6. The van der Waals surface area contributed by atoms with Crippen molar-refractivity contribution in [3.05, 3.63) is 82.8 Å². The third kappa shape index (κ3) is 5.04. The number of hydrogen-bond donors (Lipinski definition) is 1. The molecule has 0 radical (unpaired) electrons. The first-order valence-corrected chi connectivity index (χ1v) is 11.0. The van der Waals surface area contributed by atoms with Gasteiger partial charge in [0.1, 0.15) is 17.5 Å². The summed E-state index contributed by atoms with van der Waals surface area (Å²) in [4.78, 5) is 21.5. The molecule has 9 nitrogen and oxygen atoms in total. The van der Waals surface area contributed by atoms with Gasteiger partial charge < -0.3 is 9.84 Å². The molecule has 9 heteroatoms. The summed E-state index contributed by atoms with van der Waals surface area (Å²) < 4.78 is 9.06. The van der Waals surface area contributed by atoms with Crippen LogP contribution in [0.2, 0.25) is 0 Å². The van der Waals surface area contributed by atoms with E-state index in [1.807, 2.05) is 44.4 Å². The van der Waals surface area contributed by atoms with Crippen molar-refractivity contribution in [2.75, 3.05) is 0 Å². The molecule has 34 heavy (non-hydrogen) atoms. The third-order valence-electron chi connectivity index (χ3n) is 5.78. The van der Waals surface area contributed by atoms with E-state index in [0.717, 1.165) is 16.8 Å². The number of rotatable bonds is 7. The van der Waals surface area contributed by atoms with Gasteiger partial charge in [0.15, 0.2) is 11.6 Å². The van der Waals surface area contributed by atoms with Crippen LogP contribution in [-0.4, -0.2) is 46.3 Å². The van der Waals surface area contributed by atoms with E-state index < -0.39 is 11.7 Å². The highest BCUT2D eigenvalue weighted by Gasteiger charge is 2.24. The molecule has 1 N–H and O–H groups in total. The van der Waals surface area contributed by atoms with Gasteiger partial charge in [-0.15, -0.1) is 0 Å². The zero-order chi connectivity index (χ0) is 24.5. The molecule has 0 aliphatic carbocycles. The molecule has 0 aliphatic rings. The third-order valence-corrected chi connectivity index (χ3v) is 5.78. The summed E-state index contributed by atoms with van der Waals surface area (Å²) in [5.74, 6) is 0.769. The Morgan fingerprint density at radius 1 is 1.09 bits per heavy atom. The predicted molar refractivity (Wildman–Crippen MR) is 128 cm³/mol. The fraction of sp³-hybridized carbons (Fsp3) is 0.320. The SMILES string of the molecule is CC(c1cccc(-c2ncc(OC(C)C(C)(C)O)cn2)c1)c1nn(-c2cnn(C)c2)ccc1=O. The maximum Gasteiger partial charge on any atom is 0.203 e. The summed E-state index contributed by atoms with van der Waals surface area (Å²) >= 11 is 0. The normalized spacial score (nSPS) is 13.5. The van der Waals surface area contributed by atoms with Crippen molar-refractivity contribution in [1.82, 2.24) is 29.5 Å². The summed E-state index contributed by atoms with van der Waals surface area (Å²) in [5.41, 5.74) is 1.84. The predicted octanol–water partition coefficient (Wildman–Crippen LogP) is 3.11. The van der Waals surface area contributed by atoms with Gasteiger partial charge in [0.2, 0.25) is 5.43 Å². The van der Waals surface area contributed by atoms with Crippen molar-refractivity contribution in [3.8, 4) is 22.8 Å². The van der Waals surface area contributed by atoms with Gasteiger partial charge in [-0.25, -0.2) is 14.6 Å². The van der Waals surface area contributed by atoms with Gasteiger partial charge in [-0.2, -0.15) is 10.2 Å². The largest absolute Gasteiger partial charge is 0.484 e. The summed E-state index contributed by atoms with van der Waals surface area (Å²) in [6, 6.07) is 9.26. The lowest BCUT2D eigenvalue weighted by atomic mass is 9.95. The van der Waals surface area contributed by atoms with E-state index in [1.54, 1.807) is 54.9 Å². The van der Waals surface area contributed by atoms with Crippen molar-refractivity contribution in [2.24, 2.45) is 7.05 Å². The first kappa shape index (κ1) is 23.3. The Morgan fingerprint density at radius 3 is 2.47 bits per heavy atom. The van der Waals surface area contributed by atoms with Crippen LogP contribution in [0, 0.1) is 0 Å². The van der Waals surface area contributed by atoms with Crippen LogP contribution in [0.5, 0.6) is 5.75 Å². The van der Waals surface area contributed by atoms with E-state index in [0.29, 0.717) is 17.3 Å². The van der Waals surface area contributed by atoms with E-state index in [-0.39, 0.29) is 11.3 Å². The van der Waals surface area contributed by atoms with Crippen LogP contribution in [0.4, 0.5) is 0 Å². The summed E-state index contributed by atoms with van der Waals surface area (Å²) in [6.45, 7) is 7.12. The molecule has 0 aliphatic heterocycles. The van der Waals surface area contributed by atoms with Crippen molar-refractivity contribution in [2.45, 2.75) is 45.3 Å². The average molecular weight is 461 g/mol. The second-order valence-electron chi connectivity index (χ2n) is 8.89. The van der Waals surface area contributed by atoms with Crippen molar-refractivity contribution in [1.29, 1.82) is 0 Å². The van der Waals surface area contributed by atoms with Gasteiger partial charge in [0.25, 0.3) is 0 Å². The van der Waals surface area contributed by atoms with E-state index >= 15 is 0 Å². The Labute approximate surface area is 197 Å². The fourth-order valence-corrected chi connectivity index (χ4v) is 3.37. The Hall–Kier alpha value is -3.85. The van der Waals surface area contributed by atoms with E-state index in [1.165, 1.54) is 6.07 Å². The van der Waals surface area contributed by atoms with Gasteiger partial charge in [0, 0.05) is 30.8 Å². The summed E-state index contributed by atoms with van der Waals surface area (Å²) in [5, 5.41) is 18.8. The second kappa shape index (κ2) is 9.18. The molecule has 1 aromatic carbocycles. The molecule has 4 aromatic rings. The molecule has 4 rings (SSSR count). The highest BCUT2D eigenvalue weighted by atomic mass is 16.5. The number of aliphatic hydroxyl groups is 1. The highest BCUT2D eigenvalue weighted by Crippen LogP contribution is 2.26. The molecular weight excluding hydrogens is 432 g/mol. The lowest BCUT2D eigenvalue weighted by molar-refractivity contribution is -0.0244. The molecule has 2 atom stereocenters. The topological polar surface area (TPSA) is 108 Å². The number of aryl methyl sites for hydroxylation is 1. The van der Waals surface area contributed by atoms with E-state index in [2.05, 4.69) is 20.2 Å². The first-order valence-electron chi connectivity index (χ1n) is 11.0. The quantitative estimate of drug-likeness (QED) is 0.451. The number of nitrogens with zero attached hydrogens (tertiary/aromatic N) is 6. The van der Waals surface area contributed by atoms with Crippen LogP contribution < -0.4 is 10.2 Å². The minimum absolute atomic E-state index is 0.128. The van der Waals surface area contributed by atoms with Gasteiger partial charge in [-0.3, -0.25) is 9.48 Å². The number of benzene rings is 1. The highest BCUT2D eigenvalue weighted by molar-refractivity contribution is 5.57. The fourth-order valence-electron chi connectivity index (χ4n) is 3.37. The molecule has 3 heterocycles. The van der Waals surface area contributed by atoms with Crippen LogP contribution >= 0.6 is 0 Å². The molecule has 0 amide bonds. The van der Waals surface area contributed by atoms with Gasteiger partial charge in [-0.1, -0.05) is 25.1 Å². The Morgan fingerprint density at radius 2 is 1.82 bits per heavy atom. The minimum atomic E-state index is -0.982. The monoisotopic (exact) mass is 460 g/mol. The van der Waals surface area contributed by atoms with E-state index in [9.17, 15) is 9.90 Å². The molecule has 3 aromatic heterocycles. The lowest BCUT2D eigenvalue weighted by Gasteiger charge is -2.26. The van der Waals surface area contributed by atoms with Crippen LogP contribution in [0.1, 0.15) is 44.9 Å². The standard InChI is InChI=1S/C25H28N6O3/c1-16(23-22(32)9-10-31(29-23)20-12-28-30(5)15-20)18-7-6-8-19(11-18)24-26-13-21(14-27-24)34-17(2)25(3,4)33/h6-17,33H,1-5H3. The molecule has 0 saturated carbocycles. The zero-order valence-electron chi connectivity index (χ0n) is 19.9. The molecule has 0 spiro atoms. The molecule has 0 saturated heterocycles. The molecule has 2 unspecified atom stereocenters. The Kier molecular flexibility index (Phi) is 6.30.